The number of sulfonamides is 1. The largest absolute Gasteiger partial charge is 0.457 e. The fourth-order valence-electron chi connectivity index (χ4n) is 2.42. The summed E-state index contributed by atoms with van der Waals surface area (Å²) in [5, 5.41) is 0. The van der Waals surface area contributed by atoms with Crippen LogP contribution < -0.4 is 9.46 Å². The van der Waals surface area contributed by atoms with E-state index >= 15 is 0 Å². The first-order chi connectivity index (χ1) is 14.4. The van der Waals surface area contributed by atoms with E-state index in [0.717, 1.165) is 0 Å². The Morgan fingerprint density at radius 3 is 2.20 bits per heavy atom. The summed E-state index contributed by atoms with van der Waals surface area (Å²) in [5.41, 5.74) is 0.739. The summed E-state index contributed by atoms with van der Waals surface area (Å²) in [6, 6.07) is 14.0. The summed E-state index contributed by atoms with van der Waals surface area (Å²) in [6.45, 7) is 2.70. The third kappa shape index (κ3) is 5.62. The maximum Gasteiger partial charge on any atom is 0.266 e. The monoisotopic (exact) mass is 430 g/mol. The van der Waals surface area contributed by atoms with Gasteiger partial charge in [-0.05, 0) is 67.6 Å². The van der Waals surface area contributed by atoms with Gasteiger partial charge in [-0.1, -0.05) is 0 Å². The first kappa shape index (κ1) is 21.4. The van der Waals surface area contributed by atoms with E-state index in [9.17, 15) is 17.6 Å². The van der Waals surface area contributed by atoms with Crippen molar-refractivity contribution in [3.8, 4) is 11.5 Å². The van der Waals surface area contributed by atoms with E-state index in [0.29, 0.717) is 30.4 Å². The zero-order valence-electron chi connectivity index (χ0n) is 16.0. The van der Waals surface area contributed by atoms with E-state index in [1.54, 1.807) is 6.07 Å². The number of pyridine rings is 1. The lowest BCUT2D eigenvalue weighted by molar-refractivity contribution is 0.0980. The second-order valence-electron chi connectivity index (χ2n) is 6.14. The van der Waals surface area contributed by atoms with Gasteiger partial charge in [0.2, 0.25) is 0 Å². The van der Waals surface area contributed by atoms with E-state index in [1.165, 1.54) is 60.8 Å². The predicted octanol–water partition coefficient (Wildman–Crippen LogP) is 3.67. The third-order valence-electron chi connectivity index (χ3n) is 3.95. The maximum absolute atomic E-state index is 12.9. The quantitative estimate of drug-likeness (QED) is 0.586. The number of nitrogens with one attached hydrogen (secondary N) is 1. The second kappa shape index (κ2) is 9.47. The van der Waals surface area contributed by atoms with Crippen LogP contribution in [0.4, 0.5) is 4.39 Å². The van der Waals surface area contributed by atoms with E-state index < -0.39 is 21.7 Å². The Labute approximate surface area is 173 Å². The average molecular weight is 430 g/mol. The summed E-state index contributed by atoms with van der Waals surface area (Å²) in [4.78, 5) is 16.2. The number of carbonyl (C=O) groups is 1. The number of rotatable bonds is 8. The Kier molecular flexibility index (Phi) is 6.76. The van der Waals surface area contributed by atoms with E-state index in [1.807, 2.05) is 11.6 Å². The van der Waals surface area contributed by atoms with Crippen LogP contribution in [0.2, 0.25) is 0 Å². The number of hydrogen-bond donors (Lipinski definition) is 1. The highest BCUT2D eigenvalue weighted by Crippen LogP contribution is 2.23. The van der Waals surface area contributed by atoms with Crippen LogP contribution in [0.25, 0.3) is 0 Å². The zero-order valence-corrected chi connectivity index (χ0v) is 16.9. The minimum absolute atomic E-state index is 0.107. The van der Waals surface area contributed by atoms with Crippen molar-refractivity contribution in [3.63, 3.8) is 0 Å². The van der Waals surface area contributed by atoms with Crippen molar-refractivity contribution in [2.75, 3.05) is 6.61 Å². The van der Waals surface area contributed by atoms with Crippen molar-refractivity contribution in [2.24, 2.45) is 0 Å². The molecular formula is C21H19FN2O5S. The Balaban J connectivity index is 1.65. The molecule has 0 atom stereocenters. The number of hydrogen-bond acceptors (Lipinski definition) is 6. The molecular weight excluding hydrogens is 411 g/mol. The Bertz CT molecular complexity index is 1100. The van der Waals surface area contributed by atoms with Gasteiger partial charge in [0.25, 0.3) is 15.9 Å². The number of halogens is 1. The fraction of sp³-hybridized carbons (Fsp3) is 0.143. The standard InChI is InChI=1S/C21H19FN2O5S/c1-2-28-14-17-6-3-15(13-23-17)21(25)24-30(26,27)20-11-9-19(10-12-20)29-18-7-4-16(22)5-8-18/h3-13H,2,14H2,1H3,(H,24,25). The Morgan fingerprint density at radius 1 is 1.00 bits per heavy atom. The highest BCUT2D eigenvalue weighted by atomic mass is 32.2. The van der Waals surface area contributed by atoms with E-state index in [2.05, 4.69) is 4.98 Å². The van der Waals surface area contributed by atoms with Crippen LogP contribution in [-0.4, -0.2) is 25.9 Å². The molecule has 1 N–H and O–H groups in total. The van der Waals surface area contributed by atoms with Gasteiger partial charge in [0, 0.05) is 12.8 Å². The molecule has 7 nitrogen and oxygen atoms in total. The van der Waals surface area contributed by atoms with Gasteiger partial charge in [-0.3, -0.25) is 9.78 Å². The Hall–Kier alpha value is -3.30. The van der Waals surface area contributed by atoms with E-state index in [4.69, 9.17) is 9.47 Å². The van der Waals surface area contributed by atoms with Crippen molar-refractivity contribution >= 4 is 15.9 Å². The number of ether oxygens (including phenoxy) is 2. The molecule has 0 saturated heterocycles. The fourth-order valence-corrected chi connectivity index (χ4v) is 3.39. The summed E-state index contributed by atoms with van der Waals surface area (Å²) in [7, 11) is -4.08. The molecule has 30 heavy (non-hydrogen) atoms. The number of nitrogens with zero attached hydrogens (tertiary/aromatic N) is 1. The molecule has 3 rings (SSSR count). The van der Waals surface area contributed by atoms with E-state index in [-0.39, 0.29) is 10.5 Å². The molecule has 0 fully saturated rings. The molecule has 0 unspecified atom stereocenters. The molecule has 1 heterocycles. The van der Waals surface area contributed by atoms with Crippen LogP contribution in [-0.2, 0) is 21.4 Å². The van der Waals surface area contributed by atoms with Crippen molar-refractivity contribution < 1.29 is 27.1 Å². The van der Waals surface area contributed by atoms with Gasteiger partial charge in [0.05, 0.1) is 22.8 Å². The lowest BCUT2D eigenvalue weighted by Crippen LogP contribution is -2.30. The molecule has 2 aromatic carbocycles. The van der Waals surface area contributed by atoms with Gasteiger partial charge >= 0.3 is 0 Å². The lowest BCUT2D eigenvalue weighted by Gasteiger charge is -2.09. The topological polar surface area (TPSA) is 94.6 Å². The molecule has 3 aromatic rings. The number of aromatic nitrogens is 1. The SMILES string of the molecule is CCOCc1ccc(C(=O)NS(=O)(=O)c2ccc(Oc3ccc(F)cc3)cc2)cn1. The second-order valence-corrected chi connectivity index (χ2v) is 7.82. The highest BCUT2D eigenvalue weighted by molar-refractivity contribution is 7.90. The van der Waals surface area contributed by atoms with Crippen LogP contribution in [0.5, 0.6) is 11.5 Å². The molecule has 156 valence electrons. The minimum Gasteiger partial charge on any atom is -0.457 e. The van der Waals surface area contributed by atoms with Crippen LogP contribution >= 0.6 is 0 Å². The molecule has 9 heteroatoms. The third-order valence-corrected chi connectivity index (χ3v) is 5.30. The van der Waals surface area contributed by atoms with Gasteiger partial charge < -0.3 is 9.47 Å². The van der Waals surface area contributed by atoms with Crippen molar-refractivity contribution in [3.05, 3.63) is 83.9 Å². The van der Waals surface area contributed by atoms with Gasteiger partial charge in [0.1, 0.15) is 17.3 Å². The smallest absolute Gasteiger partial charge is 0.266 e. The van der Waals surface area contributed by atoms with Crippen LogP contribution in [0, 0.1) is 5.82 Å². The van der Waals surface area contributed by atoms with Crippen molar-refractivity contribution in [1.29, 1.82) is 0 Å². The summed E-state index contributed by atoms with van der Waals surface area (Å²) in [5.74, 6) is -0.419. The van der Waals surface area contributed by atoms with Crippen LogP contribution in [0.15, 0.2) is 71.8 Å². The van der Waals surface area contributed by atoms with Gasteiger partial charge in [-0.25, -0.2) is 17.5 Å². The molecule has 1 aromatic heterocycles. The molecule has 0 radical (unpaired) electrons. The van der Waals surface area contributed by atoms with Gasteiger partial charge in [-0.15, -0.1) is 0 Å². The summed E-state index contributed by atoms with van der Waals surface area (Å²) in [6.07, 6.45) is 1.29. The first-order valence-corrected chi connectivity index (χ1v) is 10.5. The molecule has 1 amide bonds. The molecule has 0 aliphatic carbocycles. The predicted molar refractivity (Wildman–Crippen MR) is 107 cm³/mol. The molecule has 0 aliphatic heterocycles. The highest BCUT2D eigenvalue weighted by Gasteiger charge is 2.19. The molecule has 0 spiro atoms. The first-order valence-electron chi connectivity index (χ1n) is 9.00. The van der Waals surface area contributed by atoms with Gasteiger partial charge in [-0.2, -0.15) is 0 Å². The zero-order chi connectivity index (χ0) is 21.6. The van der Waals surface area contributed by atoms with Crippen LogP contribution in [0.1, 0.15) is 23.0 Å². The molecule has 0 aliphatic rings. The maximum atomic E-state index is 12.9. The van der Waals surface area contributed by atoms with Crippen molar-refractivity contribution in [2.45, 2.75) is 18.4 Å². The number of amides is 1. The average Bonchev–Trinajstić information content (AvgIpc) is 2.74. The number of carbonyl (C=O) groups excluding carboxylic acids is 1. The van der Waals surface area contributed by atoms with Crippen molar-refractivity contribution in [1.82, 2.24) is 9.71 Å². The van der Waals surface area contributed by atoms with Gasteiger partial charge in [0.15, 0.2) is 0 Å². The minimum atomic E-state index is -4.08. The molecule has 0 saturated carbocycles. The normalized spacial score (nSPS) is 11.1. The number of benzene rings is 2. The Morgan fingerprint density at radius 2 is 1.63 bits per heavy atom. The van der Waals surface area contributed by atoms with Crippen LogP contribution in [0.3, 0.4) is 0 Å². The summed E-state index contributed by atoms with van der Waals surface area (Å²) >= 11 is 0. The molecule has 0 bridgehead atoms. The lowest BCUT2D eigenvalue weighted by atomic mass is 10.2. The summed E-state index contributed by atoms with van der Waals surface area (Å²) < 4.78 is 50.6.